The Bertz CT molecular complexity index is 582. The molecule has 4 nitrogen and oxygen atoms in total. The summed E-state index contributed by atoms with van der Waals surface area (Å²) in [5.74, 6) is 0.792. The zero-order chi connectivity index (χ0) is 14.5. The van der Waals surface area contributed by atoms with Crippen LogP contribution in [0.25, 0.3) is 0 Å². The van der Waals surface area contributed by atoms with Gasteiger partial charge >= 0.3 is 6.01 Å². The van der Waals surface area contributed by atoms with Gasteiger partial charge in [-0.2, -0.15) is 4.98 Å². The van der Waals surface area contributed by atoms with E-state index in [0.717, 1.165) is 29.1 Å². The Morgan fingerprint density at radius 1 is 1.20 bits per heavy atom. The first-order valence-electron chi connectivity index (χ1n) is 6.85. The van der Waals surface area contributed by atoms with Crippen molar-refractivity contribution in [3.05, 3.63) is 47.3 Å². The third kappa shape index (κ3) is 3.78. The van der Waals surface area contributed by atoms with Gasteiger partial charge in [-0.25, -0.2) is 4.98 Å². The minimum Gasteiger partial charge on any atom is -0.424 e. The number of aryl methyl sites for hydroxylation is 2. The van der Waals surface area contributed by atoms with Gasteiger partial charge in [-0.1, -0.05) is 32.0 Å². The molecule has 0 atom stereocenters. The van der Waals surface area contributed by atoms with Crippen LogP contribution in [-0.4, -0.2) is 16.0 Å². The fourth-order valence-electron chi connectivity index (χ4n) is 1.78. The van der Waals surface area contributed by atoms with Gasteiger partial charge in [-0.3, -0.25) is 0 Å². The lowest BCUT2D eigenvalue weighted by atomic mass is 10.2. The highest BCUT2D eigenvalue weighted by Gasteiger charge is 2.07. The second kappa shape index (κ2) is 6.48. The molecule has 1 aromatic heterocycles. The number of hydrogen-bond donors (Lipinski definition) is 1. The van der Waals surface area contributed by atoms with Crippen LogP contribution in [-0.2, 0) is 6.54 Å². The van der Waals surface area contributed by atoms with E-state index < -0.39 is 0 Å². The maximum Gasteiger partial charge on any atom is 0.322 e. The zero-order valence-corrected chi connectivity index (χ0v) is 12.5. The lowest BCUT2D eigenvalue weighted by molar-refractivity contribution is 0.435. The number of nitrogens with one attached hydrogen (secondary N) is 1. The van der Waals surface area contributed by atoms with Crippen LogP contribution in [0.4, 0.5) is 0 Å². The minimum absolute atomic E-state index is 0.394. The monoisotopic (exact) mass is 271 g/mol. The Morgan fingerprint density at radius 2 is 1.95 bits per heavy atom. The number of nitrogens with zero attached hydrogens (tertiary/aromatic N) is 2. The molecule has 0 aliphatic rings. The van der Waals surface area contributed by atoms with Gasteiger partial charge in [0, 0.05) is 30.0 Å². The summed E-state index contributed by atoms with van der Waals surface area (Å²) in [5, 5.41) is 3.36. The van der Waals surface area contributed by atoms with Gasteiger partial charge in [0.2, 0.25) is 0 Å². The summed E-state index contributed by atoms with van der Waals surface area (Å²) in [4.78, 5) is 8.69. The summed E-state index contributed by atoms with van der Waals surface area (Å²) in [7, 11) is 0. The summed E-state index contributed by atoms with van der Waals surface area (Å²) in [6, 6.07) is 8.68. The first kappa shape index (κ1) is 14.5. The quantitative estimate of drug-likeness (QED) is 0.905. The van der Waals surface area contributed by atoms with Crippen molar-refractivity contribution in [1.29, 1.82) is 0 Å². The normalized spacial score (nSPS) is 10.8. The molecule has 1 aromatic carbocycles. The summed E-state index contributed by atoms with van der Waals surface area (Å²) in [6.45, 7) is 8.98. The molecule has 0 unspecified atom stereocenters. The molecule has 0 bridgehead atoms. The van der Waals surface area contributed by atoms with Crippen molar-refractivity contribution in [2.24, 2.45) is 0 Å². The molecule has 0 amide bonds. The number of ether oxygens (including phenoxy) is 1. The SMILES string of the molecule is Cc1ccccc1Oc1ncc(CNC(C)C)c(C)n1. The van der Waals surface area contributed by atoms with Crippen LogP contribution in [0, 0.1) is 13.8 Å². The number of benzene rings is 1. The number of rotatable bonds is 5. The maximum atomic E-state index is 5.73. The third-order valence-electron chi connectivity index (χ3n) is 3.05. The molecule has 0 saturated carbocycles. The largest absolute Gasteiger partial charge is 0.424 e. The second-order valence-electron chi connectivity index (χ2n) is 5.17. The Labute approximate surface area is 120 Å². The molecular formula is C16H21N3O. The van der Waals surface area contributed by atoms with E-state index in [1.807, 2.05) is 44.3 Å². The van der Waals surface area contributed by atoms with E-state index >= 15 is 0 Å². The van der Waals surface area contributed by atoms with Crippen molar-refractivity contribution in [3.63, 3.8) is 0 Å². The average Bonchev–Trinajstić information content (AvgIpc) is 2.40. The van der Waals surface area contributed by atoms with Crippen molar-refractivity contribution in [3.8, 4) is 11.8 Å². The van der Waals surface area contributed by atoms with Crippen LogP contribution >= 0.6 is 0 Å². The molecule has 0 spiro atoms. The van der Waals surface area contributed by atoms with Gasteiger partial charge in [0.1, 0.15) is 5.75 Å². The van der Waals surface area contributed by atoms with E-state index in [1.54, 1.807) is 0 Å². The van der Waals surface area contributed by atoms with Gasteiger partial charge in [0.25, 0.3) is 0 Å². The van der Waals surface area contributed by atoms with Gasteiger partial charge in [-0.15, -0.1) is 0 Å². The lowest BCUT2D eigenvalue weighted by Crippen LogP contribution is -2.22. The van der Waals surface area contributed by atoms with E-state index in [1.165, 1.54) is 0 Å². The molecule has 1 heterocycles. The molecule has 2 aromatic rings. The van der Waals surface area contributed by atoms with Crippen LogP contribution < -0.4 is 10.1 Å². The molecule has 2 rings (SSSR count). The van der Waals surface area contributed by atoms with E-state index in [2.05, 4.69) is 29.1 Å². The Kier molecular flexibility index (Phi) is 4.69. The summed E-state index contributed by atoms with van der Waals surface area (Å²) < 4.78 is 5.73. The van der Waals surface area contributed by atoms with Crippen LogP contribution in [0.5, 0.6) is 11.8 Å². The highest BCUT2D eigenvalue weighted by Crippen LogP contribution is 2.22. The summed E-state index contributed by atoms with van der Waals surface area (Å²) in [6.07, 6.45) is 1.82. The molecule has 0 saturated heterocycles. The van der Waals surface area contributed by atoms with Crippen LogP contribution in [0.1, 0.15) is 30.7 Å². The Hall–Kier alpha value is -1.94. The third-order valence-corrected chi connectivity index (χ3v) is 3.05. The second-order valence-corrected chi connectivity index (χ2v) is 5.17. The van der Waals surface area contributed by atoms with Crippen molar-refractivity contribution in [1.82, 2.24) is 15.3 Å². The van der Waals surface area contributed by atoms with Crippen molar-refractivity contribution in [2.75, 3.05) is 0 Å². The highest BCUT2D eigenvalue weighted by atomic mass is 16.5. The fraction of sp³-hybridized carbons (Fsp3) is 0.375. The molecular weight excluding hydrogens is 250 g/mol. The first-order valence-corrected chi connectivity index (χ1v) is 6.85. The molecule has 0 aliphatic heterocycles. The fourth-order valence-corrected chi connectivity index (χ4v) is 1.78. The molecule has 0 aliphatic carbocycles. The zero-order valence-electron chi connectivity index (χ0n) is 12.5. The molecule has 106 valence electrons. The highest BCUT2D eigenvalue weighted by molar-refractivity contribution is 5.34. The van der Waals surface area contributed by atoms with Crippen molar-refractivity contribution in [2.45, 2.75) is 40.3 Å². The Balaban J connectivity index is 2.11. The maximum absolute atomic E-state index is 5.73. The lowest BCUT2D eigenvalue weighted by Gasteiger charge is -2.11. The molecule has 20 heavy (non-hydrogen) atoms. The van der Waals surface area contributed by atoms with E-state index in [0.29, 0.717) is 12.1 Å². The van der Waals surface area contributed by atoms with Gasteiger partial charge < -0.3 is 10.1 Å². The van der Waals surface area contributed by atoms with E-state index in [-0.39, 0.29) is 0 Å². The van der Waals surface area contributed by atoms with Crippen molar-refractivity contribution < 1.29 is 4.74 Å². The van der Waals surface area contributed by atoms with Crippen LogP contribution in [0.2, 0.25) is 0 Å². The summed E-state index contributed by atoms with van der Waals surface area (Å²) >= 11 is 0. The number of para-hydroxylation sites is 1. The van der Waals surface area contributed by atoms with Gasteiger partial charge in [-0.05, 0) is 25.5 Å². The van der Waals surface area contributed by atoms with E-state index in [9.17, 15) is 0 Å². The van der Waals surface area contributed by atoms with Gasteiger partial charge in [0.15, 0.2) is 0 Å². The smallest absolute Gasteiger partial charge is 0.322 e. The van der Waals surface area contributed by atoms with Crippen molar-refractivity contribution >= 4 is 0 Å². The molecule has 1 N–H and O–H groups in total. The minimum atomic E-state index is 0.394. The standard InChI is InChI=1S/C16H21N3O/c1-11(2)17-9-14-10-18-16(19-13(14)4)20-15-8-6-5-7-12(15)3/h5-8,10-11,17H,9H2,1-4H3. The summed E-state index contributed by atoms with van der Waals surface area (Å²) in [5.41, 5.74) is 3.10. The number of hydrogen-bond acceptors (Lipinski definition) is 4. The number of aromatic nitrogens is 2. The predicted molar refractivity (Wildman–Crippen MR) is 80.0 cm³/mol. The average molecular weight is 271 g/mol. The van der Waals surface area contributed by atoms with Crippen LogP contribution in [0.3, 0.4) is 0 Å². The molecule has 0 fully saturated rings. The van der Waals surface area contributed by atoms with Crippen LogP contribution in [0.15, 0.2) is 30.5 Å². The Morgan fingerprint density at radius 3 is 2.60 bits per heavy atom. The topological polar surface area (TPSA) is 47.0 Å². The van der Waals surface area contributed by atoms with E-state index in [4.69, 9.17) is 4.74 Å². The molecule has 0 radical (unpaired) electrons. The first-order chi connectivity index (χ1) is 9.56. The van der Waals surface area contributed by atoms with Gasteiger partial charge in [0.05, 0.1) is 0 Å². The molecule has 4 heteroatoms. The predicted octanol–water partition coefficient (Wildman–Crippen LogP) is 3.38.